The molecule has 3 aromatic rings. The lowest BCUT2D eigenvalue weighted by molar-refractivity contribution is -0.141. The molecule has 3 aromatic carbocycles. The van der Waals surface area contributed by atoms with Gasteiger partial charge in [-0.25, -0.2) is 0 Å². The molecule has 0 aliphatic rings. The Morgan fingerprint density at radius 3 is 2.34 bits per heavy atom. The van der Waals surface area contributed by atoms with Gasteiger partial charge in [0.25, 0.3) is 0 Å². The van der Waals surface area contributed by atoms with E-state index in [9.17, 15) is 14.4 Å². The first-order valence-electron chi connectivity index (χ1n) is 11.0. The molecule has 1 atom stereocenters. The Morgan fingerprint density at radius 1 is 0.906 bits per heavy atom. The second-order valence-corrected chi connectivity index (χ2v) is 7.95. The summed E-state index contributed by atoms with van der Waals surface area (Å²) in [4.78, 5) is 36.4. The fourth-order valence-corrected chi connectivity index (χ4v) is 3.92. The van der Waals surface area contributed by atoms with Crippen LogP contribution in [0.3, 0.4) is 0 Å². The number of carbonyl (C=O) groups is 3. The third kappa shape index (κ3) is 6.11. The lowest BCUT2D eigenvalue weighted by Crippen LogP contribution is -2.19. The lowest BCUT2D eigenvalue weighted by atomic mass is 9.85. The standard InChI is InChI=1S/C27H29NO4/c1-19(29)32-16-5-4-8-23(17-20-12-14-22(15-13-20)26(30)18-28)27(31)25-11-6-9-21-7-2-3-10-24(21)25/h2-3,6-7,9-15,23H,4-5,8,16-18,28H2,1H3. The third-order valence-electron chi connectivity index (χ3n) is 5.62. The van der Waals surface area contributed by atoms with E-state index < -0.39 is 0 Å². The summed E-state index contributed by atoms with van der Waals surface area (Å²) in [6.07, 6.45) is 2.75. The predicted octanol–water partition coefficient (Wildman–Crippen LogP) is 4.76. The van der Waals surface area contributed by atoms with Crippen LogP contribution in [0.1, 0.15) is 52.5 Å². The molecule has 0 amide bonds. The van der Waals surface area contributed by atoms with Crippen LogP contribution in [0.4, 0.5) is 0 Å². The number of ether oxygens (including phenoxy) is 1. The smallest absolute Gasteiger partial charge is 0.302 e. The number of hydrogen-bond acceptors (Lipinski definition) is 5. The van der Waals surface area contributed by atoms with E-state index in [2.05, 4.69) is 0 Å². The number of hydrogen-bond donors (Lipinski definition) is 1. The zero-order valence-electron chi connectivity index (χ0n) is 18.4. The van der Waals surface area contributed by atoms with Crippen molar-refractivity contribution in [2.75, 3.05) is 13.2 Å². The first kappa shape index (κ1) is 23.4. The summed E-state index contributed by atoms with van der Waals surface area (Å²) in [5, 5.41) is 1.99. The molecule has 3 rings (SSSR count). The van der Waals surface area contributed by atoms with Gasteiger partial charge in [0.05, 0.1) is 13.2 Å². The molecule has 166 valence electrons. The molecule has 0 saturated heterocycles. The average molecular weight is 432 g/mol. The van der Waals surface area contributed by atoms with E-state index >= 15 is 0 Å². The number of Topliss-reactive ketones (excluding diaryl/α,β-unsaturated/α-hetero) is 2. The molecule has 0 aliphatic carbocycles. The summed E-state index contributed by atoms with van der Waals surface area (Å²) in [6.45, 7) is 1.73. The highest BCUT2D eigenvalue weighted by Crippen LogP contribution is 2.26. The largest absolute Gasteiger partial charge is 0.466 e. The zero-order valence-corrected chi connectivity index (χ0v) is 18.4. The van der Waals surface area contributed by atoms with Crippen LogP contribution in [0.2, 0.25) is 0 Å². The maximum Gasteiger partial charge on any atom is 0.302 e. The van der Waals surface area contributed by atoms with Crippen molar-refractivity contribution in [1.29, 1.82) is 0 Å². The molecular formula is C27H29NO4. The van der Waals surface area contributed by atoms with Crippen molar-refractivity contribution in [3.63, 3.8) is 0 Å². The number of ketones is 2. The van der Waals surface area contributed by atoms with E-state index in [0.717, 1.165) is 28.3 Å². The summed E-state index contributed by atoms with van der Waals surface area (Å²) >= 11 is 0. The van der Waals surface area contributed by atoms with Crippen molar-refractivity contribution >= 4 is 28.3 Å². The molecule has 0 heterocycles. The molecule has 5 heteroatoms. The zero-order chi connectivity index (χ0) is 22.9. The van der Waals surface area contributed by atoms with Crippen LogP contribution < -0.4 is 5.73 Å². The molecule has 0 aromatic heterocycles. The van der Waals surface area contributed by atoms with E-state index in [1.807, 2.05) is 54.6 Å². The monoisotopic (exact) mass is 431 g/mol. The van der Waals surface area contributed by atoms with Crippen LogP contribution in [0.15, 0.2) is 66.7 Å². The van der Waals surface area contributed by atoms with Gasteiger partial charge in [-0.3, -0.25) is 14.4 Å². The van der Waals surface area contributed by atoms with Crippen LogP contribution in [0.25, 0.3) is 10.8 Å². The Labute approximate surface area is 188 Å². The van der Waals surface area contributed by atoms with Gasteiger partial charge in [-0.05, 0) is 42.0 Å². The summed E-state index contributed by atoms with van der Waals surface area (Å²) in [7, 11) is 0. The molecule has 32 heavy (non-hydrogen) atoms. The molecule has 0 bridgehead atoms. The van der Waals surface area contributed by atoms with Gasteiger partial charge in [-0.2, -0.15) is 0 Å². The minimum absolute atomic E-state index is 0.0239. The number of esters is 1. The van der Waals surface area contributed by atoms with Gasteiger partial charge in [0.2, 0.25) is 0 Å². The Kier molecular flexibility index (Phi) is 8.28. The summed E-state index contributed by atoms with van der Waals surface area (Å²) in [5.74, 6) is -0.503. The normalized spacial score (nSPS) is 11.8. The summed E-state index contributed by atoms with van der Waals surface area (Å²) < 4.78 is 5.02. The number of nitrogens with two attached hydrogens (primary N) is 1. The van der Waals surface area contributed by atoms with E-state index in [0.29, 0.717) is 31.4 Å². The Morgan fingerprint density at radius 2 is 1.62 bits per heavy atom. The molecule has 2 N–H and O–H groups in total. The first-order chi connectivity index (χ1) is 15.5. The molecular weight excluding hydrogens is 402 g/mol. The Bertz CT molecular complexity index is 1080. The first-order valence-corrected chi connectivity index (χ1v) is 11.0. The minimum atomic E-state index is -0.291. The Balaban J connectivity index is 1.80. The van der Waals surface area contributed by atoms with E-state index in [1.54, 1.807) is 12.1 Å². The number of rotatable bonds is 11. The van der Waals surface area contributed by atoms with Crippen molar-refractivity contribution in [2.45, 2.75) is 32.6 Å². The molecule has 0 saturated carbocycles. The van der Waals surface area contributed by atoms with Crippen molar-refractivity contribution in [3.05, 3.63) is 83.4 Å². The quantitative estimate of drug-likeness (QED) is 0.269. The van der Waals surface area contributed by atoms with E-state index in [-0.39, 0.29) is 30.0 Å². The van der Waals surface area contributed by atoms with Crippen LogP contribution in [-0.2, 0) is 16.0 Å². The second kappa shape index (κ2) is 11.3. The van der Waals surface area contributed by atoms with Crippen LogP contribution in [0, 0.1) is 5.92 Å². The topological polar surface area (TPSA) is 86.5 Å². The van der Waals surface area contributed by atoms with E-state index in [4.69, 9.17) is 10.5 Å². The van der Waals surface area contributed by atoms with Crippen molar-refractivity contribution < 1.29 is 19.1 Å². The van der Waals surface area contributed by atoms with Crippen molar-refractivity contribution in [2.24, 2.45) is 11.7 Å². The van der Waals surface area contributed by atoms with Gasteiger partial charge < -0.3 is 10.5 Å². The van der Waals surface area contributed by atoms with E-state index in [1.165, 1.54) is 6.92 Å². The average Bonchev–Trinajstić information content (AvgIpc) is 2.82. The second-order valence-electron chi connectivity index (χ2n) is 7.95. The Hall–Kier alpha value is -3.31. The molecule has 1 unspecified atom stereocenters. The van der Waals surface area contributed by atoms with Crippen LogP contribution >= 0.6 is 0 Å². The highest BCUT2D eigenvalue weighted by Gasteiger charge is 2.22. The van der Waals surface area contributed by atoms with Gasteiger partial charge >= 0.3 is 5.97 Å². The van der Waals surface area contributed by atoms with Crippen LogP contribution in [0.5, 0.6) is 0 Å². The highest BCUT2D eigenvalue weighted by molar-refractivity contribution is 6.09. The van der Waals surface area contributed by atoms with Gasteiger partial charge in [-0.15, -0.1) is 0 Å². The maximum atomic E-state index is 13.6. The summed E-state index contributed by atoms with van der Waals surface area (Å²) in [5.41, 5.74) is 7.75. The van der Waals surface area contributed by atoms with Crippen molar-refractivity contribution in [1.82, 2.24) is 0 Å². The molecule has 5 nitrogen and oxygen atoms in total. The van der Waals surface area contributed by atoms with Gasteiger partial charge in [0, 0.05) is 24.0 Å². The fourth-order valence-electron chi connectivity index (χ4n) is 3.92. The number of fused-ring (bicyclic) bond motifs is 1. The predicted molar refractivity (Wildman–Crippen MR) is 126 cm³/mol. The minimum Gasteiger partial charge on any atom is -0.466 e. The SMILES string of the molecule is CC(=O)OCCCCC(Cc1ccc(C(=O)CN)cc1)C(=O)c1cccc2ccccc12. The van der Waals surface area contributed by atoms with Gasteiger partial charge in [0.15, 0.2) is 11.6 Å². The van der Waals surface area contributed by atoms with Gasteiger partial charge in [-0.1, -0.05) is 66.7 Å². The maximum absolute atomic E-state index is 13.6. The fraction of sp³-hybridized carbons (Fsp3) is 0.296. The lowest BCUT2D eigenvalue weighted by Gasteiger charge is -2.18. The summed E-state index contributed by atoms with van der Waals surface area (Å²) in [6, 6.07) is 21.0. The number of carbonyl (C=O) groups excluding carboxylic acids is 3. The molecule has 0 aliphatic heterocycles. The molecule has 0 radical (unpaired) electrons. The van der Waals surface area contributed by atoms with Gasteiger partial charge in [0.1, 0.15) is 0 Å². The highest BCUT2D eigenvalue weighted by atomic mass is 16.5. The molecule has 0 spiro atoms. The van der Waals surface area contributed by atoms with Crippen LogP contribution in [-0.4, -0.2) is 30.7 Å². The molecule has 0 fully saturated rings. The van der Waals surface area contributed by atoms with Crippen molar-refractivity contribution in [3.8, 4) is 0 Å². The third-order valence-corrected chi connectivity index (χ3v) is 5.62. The number of unbranched alkanes of at least 4 members (excludes halogenated alkanes) is 1. The number of benzene rings is 3.